The van der Waals surface area contributed by atoms with Crippen molar-refractivity contribution < 1.29 is 0 Å². The number of nitrogens with two attached hydrogens (primary N) is 1. The Balaban J connectivity index is 1.98. The van der Waals surface area contributed by atoms with Crippen molar-refractivity contribution in [1.82, 2.24) is 0 Å². The van der Waals surface area contributed by atoms with Crippen LogP contribution in [0.4, 0.5) is 5.69 Å². The van der Waals surface area contributed by atoms with Gasteiger partial charge < -0.3 is 11.1 Å². The molecule has 22 heavy (non-hydrogen) atoms. The van der Waals surface area contributed by atoms with Crippen LogP contribution in [-0.4, -0.2) is 13.1 Å². The molecule has 0 aromatic heterocycles. The number of hydrogen-bond acceptors (Lipinski definition) is 2. The number of rotatable bonds is 13. The molecule has 1 rings (SSSR count). The number of unbranched alkanes of at least 4 members (excludes halogenated alkanes) is 6. The summed E-state index contributed by atoms with van der Waals surface area (Å²) in [6, 6.07) is 8.81. The fourth-order valence-electron chi connectivity index (χ4n) is 2.77. The van der Waals surface area contributed by atoms with Crippen LogP contribution in [0.5, 0.6) is 0 Å². The minimum Gasteiger partial charge on any atom is -0.384 e. The van der Waals surface area contributed by atoms with Crippen molar-refractivity contribution in [2.75, 3.05) is 18.4 Å². The zero-order valence-corrected chi connectivity index (χ0v) is 14.7. The van der Waals surface area contributed by atoms with Gasteiger partial charge in [-0.05, 0) is 36.5 Å². The fraction of sp³-hybridized carbons (Fsp3) is 0.700. The number of nitrogens with one attached hydrogen (secondary N) is 1. The van der Waals surface area contributed by atoms with Gasteiger partial charge in [0, 0.05) is 18.8 Å². The summed E-state index contributed by atoms with van der Waals surface area (Å²) in [6.45, 7) is 6.16. The predicted octanol–water partition coefficient (Wildman–Crippen LogP) is 5.38. The maximum absolute atomic E-state index is 5.49. The highest BCUT2D eigenvalue weighted by Gasteiger charge is 1.97. The summed E-state index contributed by atoms with van der Waals surface area (Å²) in [6.07, 6.45) is 12.4. The maximum Gasteiger partial charge on any atom is 0.0340 e. The molecular formula is C20H36N2. The number of hydrogen-bond donors (Lipinski definition) is 2. The molecule has 0 aliphatic carbocycles. The second-order valence-corrected chi connectivity index (χ2v) is 6.82. The van der Waals surface area contributed by atoms with Gasteiger partial charge in [-0.1, -0.05) is 70.9 Å². The number of aryl methyl sites for hydroxylation is 1. The van der Waals surface area contributed by atoms with Gasteiger partial charge in [0.05, 0.1) is 0 Å². The molecule has 0 heterocycles. The average molecular weight is 305 g/mol. The molecule has 3 N–H and O–H groups in total. The van der Waals surface area contributed by atoms with Crippen molar-refractivity contribution in [2.45, 2.75) is 71.6 Å². The van der Waals surface area contributed by atoms with E-state index in [1.165, 1.54) is 69.0 Å². The largest absolute Gasteiger partial charge is 0.384 e. The van der Waals surface area contributed by atoms with E-state index in [1.807, 2.05) is 0 Å². The van der Waals surface area contributed by atoms with E-state index in [1.54, 1.807) is 0 Å². The van der Waals surface area contributed by atoms with Crippen molar-refractivity contribution in [2.24, 2.45) is 11.7 Å². The van der Waals surface area contributed by atoms with Crippen molar-refractivity contribution in [3.8, 4) is 0 Å². The molecule has 0 amide bonds. The first kappa shape index (κ1) is 19.0. The molecule has 2 heteroatoms. The topological polar surface area (TPSA) is 38.0 Å². The fourth-order valence-corrected chi connectivity index (χ4v) is 2.77. The summed E-state index contributed by atoms with van der Waals surface area (Å²) in [5, 5.41) is 3.30. The van der Waals surface area contributed by atoms with E-state index in [2.05, 4.69) is 43.4 Å². The Bertz CT molecular complexity index is 356. The van der Waals surface area contributed by atoms with Crippen LogP contribution in [0.25, 0.3) is 0 Å². The van der Waals surface area contributed by atoms with Gasteiger partial charge in [0.15, 0.2) is 0 Å². The smallest absolute Gasteiger partial charge is 0.0340 e. The van der Waals surface area contributed by atoms with Crippen molar-refractivity contribution in [3.05, 3.63) is 29.8 Å². The van der Waals surface area contributed by atoms with Crippen LogP contribution < -0.4 is 11.1 Å². The van der Waals surface area contributed by atoms with Gasteiger partial charge >= 0.3 is 0 Å². The molecule has 126 valence electrons. The number of anilines is 1. The lowest BCUT2D eigenvalue weighted by atomic mass is 10.0. The highest BCUT2D eigenvalue weighted by Crippen LogP contribution is 2.14. The zero-order chi connectivity index (χ0) is 16.0. The molecule has 0 aliphatic heterocycles. The Morgan fingerprint density at radius 1 is 0.864 bits per heavy atom. The average Bonchev–Trinajstić information content (AvgIpc) is 2.52. The standard InChI is InChI=1S/C20H36N2/c1-18(2)10-8-6-4-3-5-7-9-11-19-12-14-20(15-13-19)22-17-16-21/h12-15,18,22H,3-11,16-17,21H2,1-2H3. The Hall–Kier alpha value is -1.02. The minimum absolute atomic E-state index is 0.680. The van der Waals surface area contributed by atoms with Crippen LogP contribution >= 0.6 is 0 Å². The molecule has 0 atom stereocenters. The molecular weight excluding hydrogens is 268 g/mol. The number of benzene rings is 1. The third-order valence-corrected chi connectivity index (χ3v) is 4.17. The molecule has 0 radical (unpaired) electrons. The monoisotopic (exact) mass is 304 g/mol. The van der Waals surface area contributed by atoms with Crippen LogP contribution in [0.2, 0.25) is 0 Å². The summed E-state index contributed by atoms with van der Waals surface area (Å²) < 4.78 is 0. The van der Waals surface area contributed by atoms with Crippen LogP contribution in [0.1, 0.15) is 70.8 Å². The second kappa shape index (κ2) is 12.5. The lowest BCUT2D eigenvalue weighted by molar-refractivity contribution is 0.509. The van der Waals surface area contributed by atoms with Crippen molar-refractivity contribution >= 4 is 5.69 Å². The summed E-state index contributed by atoms with van der Waals surface area (Å²) in [4.78, 5) is 0. The highest BCUT2D eigenvalue weighted by atomic mass is 14.9. The van der Waals surface area contributed by atoms with E-state index in [0.29, 0.717) is 6.54 Å². The molecule has 0 unspecified atom stereocenters. The van der Waals surface area contributed by atoms with Gasteiger partial charge in [-0.2, -0.15) is 0 Å². The molecule has 0 spiro atoms. The molecule has 0 fully saturated rings. The van der Waals surface area contributed by atoms with Crippen LogP contribution in [0.3, 0.4) is 0 Å². The second-order valence-electron chi connectivity index (χ2n) is 6.82. The van der Waals surface area contributed by atoms with Crippen LogP contribution in [-0.2, 0) is 6.42 Å². The van der Waals surface area contributed by atoms with Crippen molar-refractivity contribution in [1.29, 1.82) is 0 Å². The molecule has 0 aliphatic rings. The van der Waals surface area contributed by atoms with Gasteiger partial charge in [-0.3, -0.25) is 0 Å². The van der Waals surface area contributed by atoms with Crippen molar-refractivity contribution in [3.63, 3.8) is 0 Å². The lowest BCUT2D eigenvalue weighted by Crippen LogP contribution is -2.12. The molecule has 0 saturated carbocycles. The van der Waals surface area contributed by atoms with E-state index in [4.69, 9.17) is 5.73 Å². The van der Waals surface area contributed by atoms with Crippen LogP contribution in [0.15, 0.2) is 24.3 Å². The molecule has 0 saturated heterocycles. The van der Waals surface area contributed by atoms with Gasteiger partial charge in [-0.15, -0.1) is 0 Å². The first-order chi connectivity index (χ1) is 10.7. The zero-order valence-electron chi connectivity index (χ0n) is 14.7. The quantitative estimate of drug-likeness (QED) is 0.480. The summed E-state index contributed by atoms with van der Waals surface area (Å²) >= 11 is 0. The lowest BCUT2D eigenvalue weighted by Gasteiger charge is -2.07. The Kier molecular flexibility index (Phi) is 10.8. The maximum atomic E-state index is 5.49. The van der Waals surface area contributed by atoms with Gasteiger partial charge in [0.2, 0.25) is 0 Å². The summed E-state index contributed by atoms with van der Waals surface area (Å²) in [5.74, 6) is 0.872. The summed E-state index contributed by atoms with van der Waals surface area (Å²) in [7, 11) is 0. The third kappa shape index (κ3) is 9.83. The Morgan fingerprint density at radius 3 is 2.05 bits per heavy atom. The Labute approximate surface area is 137 Å². The van der Waals surface area contributed by atoms with Gasteiger partial charge in [0.25, 0.3) is 0 Å². The van der Waals surface area contributed by atoms with E-state index >= 15 is 0 Å². The van der Waals surface area contributed by atoms with Gasteiger partial charge in [-0.25, -0.2) is 0 Å². The molecule has 0 bridgehead atoms. The van der Waals surface area contributed by atoms with Gasteiger partial charge in [0.1, 0.15) is 0 Å². The predicted molar refractivity (Wildman–Crippen MR) is 99.5 cm³/mol. The highest BCUT2D eigenvalue weighted by molar-refractivity contribution is 5.44. The van der Waals surface area contributed by atoms with E-state index in [9.17, 15) is 0 Å². The first-order valence-corrected chi connectivity index (χ1v) is 9.25. The first-order valence-electron chi connectivity index (χ1n) is 9.25. The summed E-state index contributed by atoms with van der Waals surface area (Å²) in [5.41, 5.74) is 8.12. The van der Waals surface area contributed by atoms with Crippen LogP contribution in [0, 0.1) is 5.92 Å². The van der Waals surface area contributed by atoms with E-state index < -0.39 is 0 Å². The third-order valence-electron chi connectivity index (χ3n) is 4.17. The molecule has 2 nitrogen and oxygen atoms in total. The molecule has 1 aromatic carbocycles. The van der Waals surface area contributed by atoms with E-state index in [0.717, 1.165) is 12.5 Å². The van der Waals surface area contributed by atoms with E-state index in [-0.39, 0.29) is 0 Å². The normalized spacial score (nSPS) is 11.1. The Morgan fingerprint density at radius 2 is 1.45 bits per heavy atom. The molecule has 1 aromatic rings. The SMILES string of the molecule is CC(C)CCCCCCCCCc1ccc(NCCN)cc1. The minimum atomic E-state index is 0.680.